The maximum absolute atomic E-state index is 12.9. The van der Waals surface area contributed by atoms with Crippen LogP contribution in [0.25, 0.3) is 0 Å². The van der Waals surface area contributed by atoms with Crippen LogP contribution in [0.15, 0.2) is 22.8 Å². The largest absolute Gasteiger partial charge is 0.466 e. The topological polar surface area (TPSA) is 88.9 Å². The SMILES string of the molecule is CCOC(=O)C1CCCN(C(=O)C(NC(=O)c2ccco2)C(C)C)C1. The van der Waals surface area contributed by atoms with Crippen LogP contribution in [0, 0.1) is 11.8 Å². The van der Waals surface area contributed by atoms with Gasteiger partial charge in [-0.25, -0.2) is 0 Å². The Morgan fingerprint density at radius 2 is 2.16 bits per heavy atom. The molecule has 0 aromatic carbocycles. The average molecular weight is 350 g/mol. The summed E-state index contributed by atoms with van der Waals surface area (Å²) in [6.07, 6.45) is 2.87. The van der Waals surface area contributed by atoms with Crippen molar-refractivity contribution in [1.82, 2.24) is 10.2 Å². The molecular weight excluding hydrogens is 324 g/mol. The highest BCUT2D eigenvalue weighted by molar-refractivity contribution is 5.95. The summed E-state index contributed by atoms with van der Waals surface area (Å²) in [6.45, 7) is 6.75. The van der Waals surface area contributed by atoms with Crippen LogP contribution in [-0.4, -0.2) is 48.4 Å². The molecule has 0 radical (unpaired) electrons. The minimum absolute atomic E-state index is 0.0885. The first-order valence-electron chi connectivity index (χ1n) is 8.73. The molecule has 1 fully saturated rings. The van der Waals surface area contributed by atoms with E-state index >= 15 is 0 Å². The number of nitrogens with zero attached hydrogens (tertiary/aromatic N) is 1. The normalized spacial score (nSPS) is 18.7. The summed E-state index contributed by atoms with van der Waals surface area (Å²) in [5.41, 5.74) is 0. The molecule has 2 amide bonds. The molecule has 7 heteroatoms. The van der Waals surface area contributed by atoms with Crippen LogP contribution in [0.2, 0.25) is 0 Å². The van der Waals surface area contributed by atoms with Crippen molar-refractivity contribution in [2.75, 3.05) is 19.7 Å². The van der Waals surface area contributed by atoms with Crippen LogP contribution in [0.5, 0.6) is 0 Å². The van der Waals surface area contributed by atoms with E-state index in [0.29, 0.717) is 26.1 Å². The van der Waals surface area contributed by atoms with Gasteiger partial charge in [0.15, 0.2) is 5.76 Å². The first-order chi connectivity index (χ1) is 11.9. The summed E-state index contributed by atoms with van der Waals surface area (Å²) >= 11 is 0. The number of rotatable bonds is 6. The Kier molecular flexibility index (Phi) is 6.61. The molecule has 1 aromatic rings. The lowest BCUT2D eigenvalue weighted by Gasteiger charge is -2.35. The number of esters is 1. The third-order valence-corrected chi connectivity index (χ3v) is 4.32. The van der Waals surface area contributed by atoms with E-state index in [4.69, 9.17) is 9.15 Å². The zero-order valence-electron chi connectivity index (χ0n) is 15.0. The number of piperidine rings is 1. The summed E-state index contributed by atoms with van der Waals surface area (Å²) < 4.78 is 10.2. The van der Waals surface area contributed by atoms with Gasteiger partial charge in [0.1, 0.15) is 6.04 Å². The number of hydrogen-bond acceptors (Lipinski definition) is 5. The molecule has 1 saturated heterocycles. The summed E-state index contributed by atoms with van der Waals surface area (Å²) in [4.78, 5) is 38.7. The van der Waals surface area contributed by atoms with Gasteiger partial charge in [-0.05, 0) is 37.8 Å². The predicted octanol–water partition coefficient (Wildman–Crippen LogP) is 1.84. The lowest BCUT2D eigenvalue weighted by Crippen LogP contribution is -2.54. The zero-order chi connectivity index (χ0) is 18.4. The summed E-state index contributed by atoms with van der Waals surface area (Å²) in [5, 5.41) is 2.75. The summed E-state index contributed by atoms with van der Waals surface area (Å²) in [6, 6.07) is 2.50. The van der Waals surface area contributed by atoms with Crippen molar-refractivity contribution in [2.24, 2.45) is 11.8 Å². The van der Waals surface area contributed by atoms with Gasteiger partial charge in [0.05, 0.1) is 18.8 Å². The second-order valence-corrected chi connectivity index (χ2v) is 6.55. The molecular formula is C18H26N2O5. The van der Waals surface area contributed by atoms with Crippen LogP contribution >= 0.6 is 0 Å². The Hall–Kier alpha value is -2.31. The van der Waals surface area contributed by atoms with E-state index in [9.17, 15) is 14.4 Å². The van der Waals surface area contributed by atoms with Crippen LogP contribution in [0.3, 0.4) is 0 Å². The van der Waals surface area contributed by atoms with E-state index in [2.05, 4.69) is 5.32 Å². The fourth-order valence-electron chi connectivity index (χ4n) is 2.96. The Morgan fingerprint density at radius 3 is 2.76 bits per heavy atom. The highest BCUT2D eigenvalue weighted by Crippen LogP contribution is 2.20. The number of carbonyl (C=O) groups excluding carboxylic acids is 3. The van der Waals surface area contributed by atoms with Crippen molar-refractivity contribution in [3.63, 3.8) is 0 Å². The van der Waals surface area contributed by atoms with E-state index in [1.807, 2.05) is 13.8 Å². The smallest absolute Gasteiger partial charge is 0.310 e. The predicted molar refractivity (Wildman–Crippen MR) is 90.7 cm³/mol. The molecule has 2 heterocycles. The molecule has 2 atom stereocenters. The molecule has 0 spiro atoms. The van der Waals surface area contributed by atoms with E-state index in [1.165, 1.54) is 6.26 Å². The van der Waals surface area contributed by atoms with Crippen LogP contribution < -0.4 is 5.32 Å². The van der Waals surface area contributed by atoms with Gasteiger partial charge in [0, 0.05) is 13.1 Å². The number of ether oxygens (including phenoxy) is 1. The molecule has 1 aromatic heterocycles. The van der Waals surface area contributed by atoms with Crippen LogP contribution in [-0.2, 0) is 14.3 Å². The summed E-state index contributed by atoms with van der Waals surface area (Å²) in [5.74, 6) is -1.08. The third kappa shape index (κ3) is 4.84. The average Bonchev–Trinajstić information content (AvgIpc) is 3.13. The Morgan fingerprint density at radius 1 is 1.40 bits per heavy atom. The molecule has 1 aliphatic rings. The number of furan rings is 1. The molecule has 0 bridgehead atoms. The Balaban J connectivity index is 2.03. The number of nitrogens with one attached hydrogen (secondary N) is 1. The molecule has 2 rings (SSSR count). The monoisotopic (exact) mass is 350 g/mol. The molecule has 1 aliphatic heterocycles. The maximum atomic E-state index is 12.9. The standard InChI is InChI=1S/C18H26N2O5/c1-4-24-18(23)13-7-5-9-20(11-13)17(22)15(12(2)3)19-16(21)14-8-6-10-25-14/h6,8,10,12-13,15H,4-5,7,9,11H2,1-3H3,(H,19,21). The second kappa shape index (κ2) is 8.69. The van der Waals surface area contributed by atoms with E-state index in [1.54, 1.807) is 24.0 Å². The number of hydrogen-bond donors (Lipinski definition) is 1. The lowest BCUT2D eigenvalue weighted by atomic mass is 9.95. The van der Waals surface area contributed by atoms with Gasteiger partial charge in [-0.2, -0.15) is 0 Å². The summed E-state index contributed by atoms with van der Waals surface area (Å²) in [7, 11) is 0. The number of amides is 2. The minimum atomic E-state index is -0.668. The van der Waals surface area contributed by atoms with Crippen molar-refractivity contribution in [3.8, 4) is 0 Å². The second-order valence-electron chi connectivity index (χ2n) is 6.55. The van der Waals surface area contributed by atoms with Crippen molar-refractivity contribution in [2.45, 2.75) is 39.7 Å². The number of likely N-dealkylation sites (tertiary alicyclic amines) is 1. The van der Waals surface area contributed by atoms with E-state index in [-0.39, 0.29) is 29.5 Å². The zero-order valence-corrected chi connectivity index (χ0v) is 15.0. The van der Waals surface area contributed by atoms with Gasteiger partial charge >= 0.3 is 5.97 Å². The van der Waals surface area contributed by atoms with Crippen molar-refractivity contribution in [1.29, 1.82) is 0 Å². The third-order valence-electron chi connectivity index (χ3n) is 4.32. The Bertz CT molecular complexity index is 597. The molecule has 7 nitrogen and oxygen atoms in total. The van der Waals surface area contributed by atoms with Crippen LogP contribution in [0.4, 0.5) is 0 Å². The van der Waals surface area contributed by atoms with Gasteiger partial charge in [-0.3, -0.25) is 14.4 Å². The molecule has 25 heavy (non-hydrogen) atoms. The molecule has 138 valence electrons. The van der Waals surface area contributed by atoms with Crippen molar-refractivity contribution >= 4 is 17.8 Å². The van der Waals surface area contributed by atoms with Crippen molar-refractivity contribution in [3.05, 3.63) is 24.2 Å². The fourth-order valence-corrected chi connectivity index (χ4v) is 2.96. The van der Waals surface area contributed by atoms with Gasteiger partial charge in [0.25, 0.3) is 5.91 Å². The lowest BCUT2D eigenvalue weighted by molar-refractivity contribution is -0.151. The van der Waals surface area contributed by atoms with E-state index in [0.717, 1.165) is 6.42 Å². The highest BCUT2D eigenvalue weighted by atomic mass is 16.5. The first-order valence-corrected chi connectivity index (χ1v) is 8.73. The Labute approximate surface area is 147 Å². The highest BCUT2D eigenvalue weighted by Gasteiger charge is 2.34. The minimum Gasteiger partial charge on any atom is -0.466 e. The van der Waals surface area contributed by atoms with Gasteiger partial charge in [-0.1, -0.05) is 13.8 Å². The molecule has 2 unspecified atom stereocenters. The quantitative estimate of drug-likeness (QED) is 0.791. The van der Waals surface area contributed by atoms with Crippen LogP contribution in [0.1, 0.15) is 44.2 Å². The maximum Gasteiger partial charge on any atom is 0.310 e. The molecule has 0 saturated carbocycles. The van der Waals surface area contributed by atoms with Gasteiger partial charge in [0.2, 0.25) is 5.91 Å². The van der Waals surface area contributed by atoms with Crippen molar-refractivity contribution < 1.29 is 23.5 Å². The molecule has 1 N–H and O–H groups in total. The number of carbonyl (C=O) groups is 3. The molecule has 0 aliphatic carbocycles. The van der Waals surface area contributed by atoms with Gasteiger partial charge in [-0.15, -0.1) is 0 Å². The fraction of sp³-hybridized carbons (Fsp3) is 0.611. The first kappa shape index (κ1) is 19.0. The van der Waals surface area contributed by atoms with Gasteiger partial charge < -0.3 is 19.4 Å². The van der Waals surface area contributed by atoms with E-state index < -0.39 is 11.9 Å².